The summed E-state index contributed by atoms with van der Waals surface area (Å²) in [4.78, 5) is 52.5. The molecular weight excluding hydrogens is 534 g/mol. The molecular formula is C33H37N3O6. The smallest absolute Gasteiger partial charge is 0.408 e. The van der Waals surface area contributed by atoms with Crippen LogP contribution < -0.4 is 16.0 Å². The van der Waals surface area contributed by atoms with Crippen LogP contribution >= 0.6 is 0 Å². The highest BCUT2D eigenvalue weighted by Crippen LogP contribution is 2.29. The molecule has 3 N–H and O–H groups in total. The van der Waals surface area contributed by atoms with Crippen molar-refractivity contribution in [1.29, 1.82) is 0 Å². The van der Waals surface area contributed by atoms with Crippen LogP contribution in [0, 0.1) is 6.92 Å². The van der Waals surface area contributed by atoms with Gasteiger partial charge < -0.3 is 25.4 Å². The van der Waals surface area contributed by atoms with E-state index in [1.807, 2.05) is 91.9 Å². The SMILES string of the molecule is Cc1ccc(CC(NC(=O)C(C)NC(=O)OCc2ccccc2)C(=O)NC(Cc2ccccc2)C(=O)C2(C)CO2)cc1. The van der Waals surface area contributed by atoms with Gasteiger partial charge in [-0.1, -0.05) is 90.5 Å². The van der Waals surface area contributed by atoms with E-state index in [2.05, 4.69) is 16.0 Å². The number of hydrogen-bond acceptors (Lipinski definition) is 6. The minimum absolute atomic E-state index is 0.0545. The lowest BCUT2D eigenvalue weighted by atomic mass is 9.94. The molecule has 0 radical (unpaired) electrons. The quantitative estimate of drug-likeness (QED) is 0.270. The third-order valence-corrected chi connectivity index (χ3v) is 7.15. The first kappa shape index (κ1) is 30.5. The van der Waals surface area contributed by atoms with Crippen LogP contribution in [0.3, 0.4) is 0 Å². The molecule has 0 aliphatic carbocycles. The molecule has 3 amide bonds. The van der Waals surface area contributed by atoms with Crippen molar-refractivity contribution in [3.8, 4) is 0 Å². The summed E-state index contributed by atoms with van der Waals surface area (Å²) in [5, 5.41) is 8.14. The molecule has 1 aliphatic heterocycles. The fraction of sp³-hybridized carbons (Fsp3) is 0.333. The Hall–Kier alpha value is -4.50. The van der Waals surface area contributed by atoms with Crippen molar-refractivity contribution in [1.82, 2.24) is 16.0 Å². The number of carbonyl (C=O) groups is 4. The van der Waals surface area contributed by atoms with Gasteiger partial charge in [-0.3, -0.25) is 14.4 Å². The van der Waals surface area contributed by atoms with E-state index in [9.17, 15) is 19.2 Å². The highest BCUT2D eigenvalue weighted by molar-refractivity contribution is 5.98. The molecule has 1 aliphatic rings. The molecule has 1 heterocycles. The van der Waals surface area contributed by atoms with Gasteiger partial charge in [0.05, 0.1) is 12.6 Å². The number of ether oxygens (including phenoxy) is 2. The van der Waals surface area contributed by atoms with Gasteiger partial charge in [-0.2, -0.15) is 0 Å². The molecule has 42 heavy (non-hydrogen) atoms. The maximum Gasteiger partial charge on any atom is 0.408 e. The molecule has 0 spiro atoms. The Balaban J connectivity index is 1.44. The number of hydrogen-bond donors (Lipinski definition) is 3. The first-order chi connectivity index (χ1) is 20.1. The summed E-state index contributed by atoms with van der Waals surface area (Å²) in [5.41, 5.74) is 2.63. The monoisotopic (exact) mass is 571 g/mol. The summed E-state index contributed by atoms with van der Waals surface area (Å²) in [6.07, 6.45) is -0.295. The number of aryl methyl sites for hydroxylation is 1. The predicted octanol–water partition coefficient (Wildman–Crippen LogP) is 3.42. The van der Waals surface area contributed by atoms with Crippen LogP contribution in [0.1, 0.15) is 36.1 Å². The van der Waals surface area contributed by atoms with E-state index in [1.54, 1.807) is 6.92 Å². The number of amides is 3. The molecule has 0 bridgehead atoms. The van der Waals surface area contributed by atoms with Gasteiger partial charge in [0.2, 0.25) is 11.8 Å². The van der Waals surface area contributed by atoms with E-state index in [1.165, 1.54) is 6.92 Å². The normalized spacial score (nSPS) is 17.7. The van der Waals surface area contributed by atoms with Gasteiger partial charge in [0.1, 0.15) is 24.3 Å². The average Bonchev–Trinajstić information content (AvgIpc) is 3.75. The molecule has 4 atom stereocenters. The summed E-state index contributed by atoms with van der Waals surface area (Å²) < 4.78 is 10.6. The Labute approximate surface area is 246 Å². The van der Waals surface area contributed by atoms with Crippen LogP contribution in [-0.2, 0) is 43.3 Å². The fourth-order valence-corrected chi connectivity index (χ4v) is 4.42. The van der Waals surface area contributed by atoms with Crippen molar-refractivity contribution < 1.29 is 28.7 Å². The highest BCUT2D eigenvalue weighted by atomic mass is 16.6. The molecule has 1 saturated heterocycles. The van der Waals surface area contributed by atoms with E-state index >= 15 is 0 Å². The second-order valence-electron chi connectivity index (χ2n) is 10.8. The lowest BCUT2D eigenvalue weighted by molar-refractivity contribution is -0.133. The first-order valence-corrected chi connectivity index (χ1v) is 14.0. The van der Waals surface area contributed by atoms with Gasteiger partial charge in [-0.15, -0.1) is 0 Å². The van der Waals surface area contributed by atoms with Crippen molar-refractivity contribution in [2.24, 2.45) is 0 Å². The molecule has 220 valence electrons. The van der Waals surface area contributed by atoms with Crippen LogP contribution in [0.2, 0.25) is 0 Å². The van der Waals surface area contributed by atoms with Gasteiger partial charge in [0.15, 0.2) is 5.78 Å². The van der Waals surface area contributed by atoms with Gasteiger partial charge in [0, 0.05) is 6.42 Å². The second kappa shape index (κ2) is 13.9. The Morgan fingerprint density at radius 2 is 1.29 bits per heavy atom. The molecule has 0 aromatic heterocycles. The van der Waals surface area contributed by atoms with Crippen LogP contribution in [0.5, 0.6) is 0 Å². The lowest BCUT2D eigenvalue weighted by Gasteiger charge is -2.25. The molecule has 3 aromatic rings. The Kier molecular flexibility index (Phi) is 10.1. The Morgan fingerprint density at radius 1 is 0.762 bits per heavy atom. The van der Waals surface area contributed by atoms with Crippen LogP contribution in [0.25, 0.3) is 0 Å². The molecule has 4 rings (SSSR count). The zero-order valence-corrected chi connectivity index (χ0v) is 24.1. The molecule has 0 saturated carbocycles. The Bertz CT molecular complexity index is 1370. The van der Waals surface area contributed by atoms with Crippen molar-refractivity contribution >= 4 is 23.7 Å². The van der Waals surface area contributed by atoms with Gasteiger partial charge in [0.25, 0.3) is 0 Å². The van der Waals surface area contributed by atoms with Crippen molar-refractivity contribution in [2.45, 2.75) is 63.9 Å². The van der Waals surface area contributed by atoms with E-state index < -0.39 is 41.6 Å². The largest absolute Gasteiger partial charge is 0.445 e. The van der Waals surface area contributed by atoms with E-state index in [0.717, 1.165) is 22.3 Å². The maximum atomic E-state index is 13.7. The van der Waals surface area contributed by atoms with E-state index in [-0.39, 0.29) is 25.2 Å². The zero-order chi connectivity index (χ0) is 30.1. The summed E-state index contributed by atoms with van der Waals surface area (Å²) in [7, 11) is 0. The van der Waals surface area contributed by atoms with Crippen molar-refractivity contribution in [3.05, 3.63) is 107 Å². The molecule has 9 nitrogen and oxygen atoms in total. The summed E-state index contributed by atoms with van der Waals surface area (Å²) >= 11 is 0. The topological polar surface area (TPSA) is 126 Å². The van der Waals surface area contributed by atoms with Crippen LogP contribution in [0.15, 0.2) is 84.9 Å². The van der Waals surface area contributed by atoms with Crippen LogP contribution in [-0.4, -0.2) is 54.0 Å². The zero-order valence-electron chi connectivity index (χ0n) is 24.1. The van der Waals surface area contributed by atoms with Gasteiger partial charge in [-0.25, -0.2) is 4.79 Å². The molecule has 4 unspecified atom stereocenters. The van der Waals surface area contributed by atoms with Crippen LogP contribution in [0.4, 0.5) is 4.79 Å². The molecule has 1 fully saturated rings. The Morgan fingerprint density at radius 3 is 1.88 bits per heavy atom. The summed E-state index contributed by atoms with van der Waals surface area (Å²) in [6, 6.07) is 23.3. The third-order valence-electron chi connectivity index (χ3n) is 7.15. The number of benzene rings is 3. The molecule has 3 aromatic carbocycles. The fourth-order valence-electron chi connectivity index (χ4n) is 4.42. The number of Topliss-reactive ketones (excluding diaryl/α,β-unsaturated/α-hetero) is 1. The molecule has 9 heteroatoms. The van der Waals surface area contributed by atoms with Gasteiger partial charge in [-0.05, 0) is 43.9 Å². The minimum atomic E-state index is -1.01. The number of nitrogens with one attached hydrogen (secondary N) is 3. The number of epoxide rings is 1. The average molecular weight is 572 g/mol. The highest BCUT2D eigenvalue weighted by Gasteiger charge is 2.50. The third kappa shape index (κ3) is 8.75. The second-order valence-corrected chi connectivity index (χ2v) is 10.8. The number of rotatable bonds is 13. The standard InChI is InChI=1S/C33H37N3O6/c1-22-14-16-25(17-15-22)19-28(36-30(38)23(2)34-32(40)41-20-26-12-8-5-9-13-26)31(39)35-27(29(37)33(3)21-42-33)18-24-10-6-4-7-11-24/h4-17,23,27-28H,18-21H2,1-3H3,(H,34,40)(H,35,39)(H,36,38). The summed E-state index contributed by atoms with van der Waals surface area (Å²) in [5.74, 6) is -1.31. The number of carbonyl (C=O) groups excluding carboxylic acids is 4. The number of alkyl carbamates (subject to hydrolysis) is 1. The number of ketones is 1. The minimum Gasteiger partial charge on any atom is -0.445 e. The predicted molar refractivity (Wildman–Crippen MR) is 157 cm³/mol. The van der Waals surface area contributed by atoms with E-state index in [0.29, 0.717) is 6.61 Å². The van der Waals surface area contributed by atoms with Crippen molar-refractivity contribution in [2.75, 3.05) is 6.61 Å². The lowest BCUT2D eigenvalue weighted by Crippen LogP contribution is -2.57. The summed E-state index contributed by atoms with van der Waals surface area (Å²) in [6.45, 7) is 5.52. The first-order valence-electron chi connectivity index (χ1n) is 14.0. The van der Waals surface area contributed by atoms with E-state index in [4.69, 9.17) is 9.47 Å². The van der Waals surface area contributed by atoms with Gasteiger partial charge >= 0.3 is 6.09 Å². The maximum absolute atomic E-state index is 13.7. The van der Waals surface area contributed by atoms with Crippen molar-refractivity contribution in [3.63, 3.8) is 0 Å².